The van der Waals surface area contributed by atoms with Crippen LogP contribution in [0.5, 0.6) is 0 Å². The van der Waals surface area contributed by atoms with Crippen molar-refractivity contribution in [3.8, 4) is 0 Å². The first kappa shape index (κ1) is 12.5. The highest BCUT2D eigenvalue weighted by Gasteiger charge is 2.13. The van der Waals surface area contributed by atoms with Gasteiger partial charge in [-0.15, -0.1) is 0 Å². The Hall–Kier alpha value is -1.97. The number of hydrogen-bond donors (Lipinski definition) is 0. The second kappa shape index (κ2) is 5.12. The molecule has 0 saturated carbocycles. The molecule has 0 atom stereocenters. The molecule has 0 aromatic carbocycles. The van der Waals surface area contributed by atoms with Crippen molar-refractivity contribution in [2.45, 2.75) is 26.7 Å². The van der Waals surface area contributed by atoms with Crippen LogP contribution < -0.4 is 0 Å². The van der Waals surface area contributed by atoms with Crippen LogP contribution in [0.15, 0.2) is 24.5 Å². The molecule has 0 amide bonds. The summed E-state index contributed by atoms with van der Waals surface area (Å²) in [6, 6.07) is 3.75. The molecule has 0 N–H and O–H groups in total. The number of nitrogens with zero attached hydrogens (tertiary/aromatic N) is 3. The Kier molecular flexibility index (Phi) is 3.55. The molecule has 18 heavy (non-hydrogen) atoms. The summed E-state index contributed by atoms with van der Waals surface area (Å²) in [5.74, 6) is 0.122. The summed E-state index contributed by atoms with van der Waals surface area (Å²) >= 11 is 0. The maximum absolute atomic E-state index is 12.3. The van der Waals surface area contributed by atoms with Crippen LogP contribution in [0.3, 0.4) is 0 Å². The molecule has 0 aliphatic carbocycles. The third-order valence-electron chi connectivity index (χ3n) is 3.03. The zero-order chi connectivity index (χ0) is 13.1. The van der Waals surface area contributed by atoms with Gasteiger partial charge in [-0.2, -0.15) is 5.10 Å². The molecule has 4 heteroatoms. The van der Waals surface area contributed by atoms with Gasteiger partial charge in [-0.05, 0) is 31.0 Å². The second-order valence-electron chi connectivity index (χ2n) is 4.39. The van der Waals surface area contributed by atoms with Crippen molar-refractivity contribution in [3.63, 3.8) is 0 Å². The first-order chi connectivity index (χ1) is 8.61. The van der Waals surface area contributed by atoms with E-state index in [4.69, 9.17) is 0 Å². The molecule has 2 aromatic rings. The van der Waals surface area contributed by atoms with Gasteiger partial charge in [0, 0.05) is 30.7 Å². The molecular weight excluding hydrogens is 226 g/mol. The van der Waals surface area contributed by atoms with Crippen LogP contribution in [0.2, 0.25) is 0 Å². The number of aryl methyl sites for hydroxylation is 3. The Labute approximate surface area is 107 Å². The van der Waals surface area contributed by atoms with E-state index in [1.165, 1.54) is 0 Å². The van der Waals surface area contributed by atoms with Crippen LogP contribution >= 0.6 is 0 Å². The van der Waals surface area contributed by atoms with E-state index in [2.05, 4.69) is 10.1 Å². The zero-order valence-corrected chi connectivity index (χ0v) is 11.0. The molecule has 4 nitrogen and oxygen atoms in total. The van der Waals surface area contributed by atoms with E-state index in [1.807, 2.05) is 27.0 Å². The largest absolute Gasteiger partial charge is 0.294 e. The molecule has 0 saturated heterocycles. The summed E-state index contributed by atoms with van der Waals surface area (Å²) < 4.78 is 1.76. The van der Waals surface area contributed by atoms with Gasteiger partial charge in [0.25, 0.3) is 0 Å². The summed E-state index contributed by atoms with van der Waals surface area (Å²) in [6.45, 7) is 3.96. The molecule has 94 valence electrons. The van der Waals surface area contributed by atoms with Gasteiger partial charge in [0.15, 0.2) is 5.78 Å². The summed E-state index contributed by atoms with van der Waals surface area (Å²) in [4.78, 5) is 16.3. The van der Waals surface area contributed by atoms with E-state index < -0.39 is 0 Å². The van der Waals surface area contributed by atoms with Crippen LogP contribution in [0.4, 0.5) is 0 Å². The Morgan fingerprint density at radius 2 is 2.22 bits per heavy atom. The highest BCUT2D eigenvalue weighted by molar-refractivity contribution is 5.98. The number of carbonyl (C=O) groups excluding carboxylic acids is 1. The number of rotatable bonds is 4. The van der Waals surface area contributed by atoms with Crippen LogP contribution in [-0.4, -0.2) is 20.5 Å². The summed E-state index contributed by atoms with van der Waals surface area (Å²) in [5, 5.41) is 4.25. The van der Waals surface area contributed by atoms with Gasteiger partial charge in [-0.3, -0.25) is 14.5 Å². The average molecular weight is 243 g/mol. The Morgan fingerprint density at radius 3 is 2.83 bits per heavy atom. The van der Waals surface area contributed by atoms with E-state index >= 15 is 0 Å². The lowest BCUT2D eigenvalue weighted by Gasteiger charge is -2.06. The van der Waals surface area contributed by atoms with Gasteiger partial charge < -0.3 is 0 Å². The number of hydrogen-bond acceptors (Lipinski definition) is 3. The van der Waals surface area contributed by atoms with Gasteiger partial charge in [0.1, 0.15) is 0 Å². The van der Waals surface area contributed by atoms with Crippen molar-refractivity contribution < 1.29 is 4.79 Å². The predicted octanol–water partition coefficient (Wildman–Crippen LogP) is 2.11. The van der Waals surface area contributed by atoms with Crippen molar-refractivity contribution in [1.82, 2.24) is 14.8 Å². The van der Waals surface area contributed by atoms with Crippen LogP contribution in [-0.2, 0) is 19.9 Å². The lowest BCUT2D eigenvalue weighted by atomic mass is 10.0. The number of pyridine rings is 1. The van der Waals surface area contributed by atoms with E-state index in [0.717, 1.165) is 28.9 Å². The molecule has 0 bridgehead atoms. The van der Waals surface area contributed by atoms with Gasteiger partial charge in [-0.1, -0.05) is 6.92 Å². The smallest absolute Gasteiger partial charge is 0.169 e. The Bertz CT molecular complexity index is 572. The van der Waals surface area contributed by atoms with Crippen LogP contribution in [0.25, 0.3) is 0 Å². The number of aromatic nitrogens is 3. The van der Waals surface area contributed by atoms with Gasteiger partial charge >= 0.3 is 0 Å². The highest BCUT2D eigenvalue weighted by Crippen LogP contribution is 2.12. The summed E-state index contributed by atoms with van der Waals surface area (Å²) in [5.41, 5.74) is 3.65. The third-order valence-corrected chi connectivity index (χ3v) is 3.03. The first-order valence-corrected chi connectivity index (χ1v) is 6.07. The molecule has 2 aromatic heterocycles. The topological polar surface area (TPSA) is 47.8 Å². The molecule has 0 radical (unpaired) electrons. The number of carbonyl (C=O) groups is 1. The third kappa shape index (κ3) is 2.47. The molecule has 0 aliphatic heterocycles. The molecule has 2 rings (SSSR count). The SMILES string of the molecule is CCc1cnccc1C(=O)Cc1cc(C)nn1C. The fourth-order valence-corrected chi connectivity index (χ4v) is 2.07. The highest BCUT2D eigenvalue weighted by atomic mass is 16.1. The summed E-state index contributed by atoms with van der Waals surface area (Å²) in [6.07, 6.45) is 4.64. The van der Waals surface area contributed by atoms with E-state index in [1.54, 1.807) is 23.1 Å². The quantitative estimate of drug-likeness (QED) is 0.773. The van der Waals surface area contributed by atoms with Crippen molar-refractivity contribution in [3.05, 3.63) is 47.0 Å². The monoisotopic (exact) mass is 243 g/mol. The van der Waals surface area contributed by atoms with Gasteiger partial charge in [0.05, 0.1) is 12.1 Å². The second-order valence-corrected chi connectivity index (χ2v) is 4.39. The maximum atomic E-state index is 12.3. The van der Waals surface area contributed by atoms with Crippen LogP contribution in [0, 0.1) is 6.92 Å². The average Bonchev–Trinajstić information content (AvgIpc) is 2.67. The lowest BCUT2D eigenvalue weighted by molar-refractivity contribution is 0.0990. The Morgan fingerprint density at radius 1 is 1.44 bits per heavy atom. The Balaban J connectivity index is 2.24. The molecule has 2 heterocycles. The molecule has 0 unspecified atom stereocenters. The van der Waals surface area contributed by atoms with Gasteiger partial charge in [-0.25, -0.2) is 0 Å². The van der Waals surface area contributed by atoms with Crippen molar-refractivity contribution >= 4 is 5.78 Å². The molecule has 0 spiro atoms. The minimum absolute atomic E-state index is 0.122. The van der Waals surface area contributed by atoms with E-state index in [-0.39, 0.29) is 5.78 Å². The zero-order valence-electron chi connectivity index (χ0n) is 11.0. The molecule has 0 aliphatic rings. The fourth-order valence-electron chi connectivity index (χ4n) is 2.07. The van der Waals surface area contributed by atoms with Crippen LogP contribution in [0.1, 0.15) is 34.2 Å². The number of ketones is 1. The maximum Gasteiger partial charge on any atom is 0.169 e. The van der Waals surface area contributed by atoms with Gasteiger partial charge in [0.2, 0.25) is 0 Å². The molecule has 0 fully saturated rings. The standard InChI is InChI=1S/C14H17N3O/c1-4-11-9-15-6-5-13(11)14(18)8-12-7-10(2)16-17(12)3/h5-7,9H,4,8H2,1-3H3. The predicted molar refractivity (Wildman–Crippen MR) is 69.6 cm³/mol. The minimum Gasteiger partial charge on any atom is -0.294 e. The van der Waals surface area contributed by atoms with Crippen molar-refractivity contribution in [2.24, 2.45) is 7.05 Å². The normalized spacial score (nSPS) is 10.6. The number of Topliss-reactive ketones (excluding diaryl/α,β-unsaturated/α-hetero) is 1. The van der Waals surface area contributed by atoms with E-state index in [0.29, 0.717) is 6.42 Å². The minimum atomic E-state index is 0.122. The summed E-state index contributed by atoms with van der Waals surface area (Å²) in [7, 11) is 1.86. The van der Waals surface area contributed by atoms with E-state index in [9.17, 15) is 4.79 Å². The van der Waals surface area contributed by atoms with Crippen molar-refractivity contribution in [2.75, 3.05) is 0 Å². The fraction of sp³-hybridized carbons (Fsp3) is 0.357. The lowest BCUT2D eigenvalue weighted by Crippen LogP contribution is -2.10. The van der Waals surface area contributed by atoms with Crippen molar-refractivity contribution in [1.29, 1.82) is 0 Å². The molecular formula is C14H17N3O. The first-order valence-electron chi connectivity index (χ1n) is 6.07.